The van der Waals surface area contributed by atoms with E-state index in [1.54, 1.807) is 83.1 Å². The first-order chi connectivity index (χ1) is 30.7. The van der Waals surface area contributed by atoms with Crippen LogP contribution >= 0.6 is 21.4 Å². The minimum atomic E-state index is -1.67. The number of rotatable bonds is 8. The summed E-state index contributed by atoms with van der Waals surface area (Å²) in [6.45, 7) is 21.6. The minimum absolute atomic E-state index is 0.268. The number of hydrogen-bond donors (Lipinski definition) is 2. The van der Waals surface area contributed by atoms with Crippen molar-refractivity contribution >= 4 is 89.2 Å². The standard InChI is InChI=1S/C22H34N4O6.C22H32N4O5.Cl2OS/c1-21(2,3)15(27)19(31)25-11-7-9-13(25)17(29)23-24-18(30)14-10-8-12-26(14)20(32)16(28)22(4,5)6;1-21(2,3)15(27)19(29)25-11-7-9-13(25)17-23-24-18(31-17)14-10-8-12-26(14)20(30)16(28)22(4,5)6;1-4(2)3/h13-14H,7-12H2,1-6H3,(H,23,29)(H,24,30);13-14H,7-12H2,1-6H3;/t2*13-,14?;/m00./s1. The molecule has 0 spiro atoms. The van der Waals surface area contributed by atoms with Gasteiger partial charge in [0.25, 0.3) is 35.4 Å². The lowest BCUT2D eigenvalue weighted by molar-refractivity contribution is -0.152. The summed E-state index contributed by atoms with van der Waals surface area (Å²) in [7, 11) is 7.36. The Hall–Kier alpha value is -4.63. The average molecular weight is 1000 g/mol. The molecule has 0 bridgehead atoms. The van der Waals surface area contributed by atoms with Gasteiger partial charge in [-0.2, -0.15) is 0 Å². The molecule has 20 nitrogen and oxygen atoms in total. The molecule has 23 heteroatoms. The Morgan fingerprint density at radius 2 is 0.716 bits per heavy atom. The van der Waals surface area contributed by atoms with Crippen LogP contribution in [0, 0.1) is 21.7 Å². The third-order valence-corrected chi connectivity index (χ3v) is 11.5. The summed E-state index contributed by atoms with van der Waals surface area (Å²) in [4.78, 5) is 131. The molecule has 5 rings (SSSR count). The van der Waals surface area contributed by atoms with Crippen LogP contribution in [-0.4, -0.2) is 131 Å². The van der Waals surface area contributed by atoms with Gasteiger partial charge in [0.15, 0.2) is 0 Å². The monoisotopic (exact) mass is 1000 g/mol. The van der Waals surface area contributed by atoms with E-state index in [0.717, 1.165) is 12.8 Å². The Morgan fingerprint density at radius 3 is 0.985 bits per heavy atom. The molecule has 1 aromatic rings. The normalized spacial score (nSPS) is 20.9. The zero-order valence-corrected chi connectivity index (χ0v) is 42.9. The van der Waals surface area contributed by atoms with Crippen molar-refractivity contribution in [3.8, 4) is 0 Å². The highest BCUT2D eigenvalue weighted by atomic mass is 36.0. The number of hydrazine groups is 1. The SMILES string of the molecule is CC(C)(C)C(=O)C(=O)N1CCCC1C(=O)NNC(=O)[C@@H]1CCCN1C(=O)C(=O)C(C)(C)C.CC(C)(C)C(=O)C(=O)N1CCCC1c1nnc([C@@H]2CCCN2C(=O)C(=O)C(C)(C)C)o1.O=S(Cl)Cl. The number of nitrogens with one attached hydrogen (secondary N) is 2. The second-order valence-electron chi connectivity index (χ2n) is 21.1. The third-order valence-electron chi connectivity index (χ3n) is 11.5. The summed E-state index contributed by atoms with van der Waals surface area (Å²) < 4.78 is 15.0. The van der Waals surface area contributed by atoms with Crippen LogP contribution in [0.3, 0.4) is 0 Å². The summed E-state index contributed by atoms with van der Waals surface area (Å²) >= 11 is 0. The molecule has 0 aromatic carbocycles. The number of aromatic nitrogens is 2. The summed E-state index contributed by atoms with van der Waals surface area (Å²) in [6, 6.07) is -2.64. The molecular weight excluding hydrogens is 936 g/mol. The van der Waals surface area contributed by atoms with Crippen LogP contribution in [0.15, 0.2) is 4.42 Å². The number of ketones is 4. The van der Waals surface area contributed by atoms with E-state index < -0.39 is 114 Å². The quantitative estimate of drug-likeness (QED) is 0.212. The Bertz CT molecular complexity index is 1980. The fraction of sp³-hybridized carbons (Fsp3) is 0.727. The largest absolute Gasteiger partial charge is 0.421 e. The predicted molar refractivity (Wildman–Crippen MR) is 245 cm³/mol. The van der Waals surface area contributed by atoms with Gasteiger partial charge < -0.3 is 24.0 Å². The first-order valence-corrected chi connectivity index (χ1v) is 25.1. The highest BCUT2D eigenvalue weighted by Gasteiger charge is 2.45. The highest BCUT2D eigenvalue weighted by molar-refractivity contribution is 8.26. The van der Waals surface area contributed by atoms with Gasteiger partial charge in [-0.05, 0) is 51.4 Å². The van der Waals surface area contributed by atoms with Crippen molar-refractivity contribution in [1.29, 1.82) is 0 Å². The first kappa shape index (κ1) is 56.7. The van der Waals surface area contributed by atoms with E-state index in [-0.39, 0.29) is 24.9 Å². The van der Waals surface area contributed by atoms with Crippen molar-refractivity contribution in [2.45, 2.75) is 159 Å². The maximum Gasteiger partial charge on any atom is 0.291 e. The van der Waals surface area contributed by atoms with E-state index >= 15 is 0 Å². The van der Waals surface area contributed by atoms with Gasteiger partial charge in [-0.1, -0.05) is 83.1 Å². The number of carbonyl (C=O) groups is 10. The Morgan fingerprint density at radius 1 is 0.478 bits per heavy atom. The molecule has 0 aliphatic carbocycles. The van der Waals surface area contributed by atoms with E-state index in [1.165, 1.54) is 19.6 Å². The second kappa shape index (κ2) is 22.7. The van der Waals surface area contributed by atoms with Crippen LogP contribution < -0.4 is 10.9 Å². The molecule has 4 aliphatic heterocycles. The van der Waals surface area contributed by atoms with Gasteiger partial charge in [0.1, 0.15) is 24.2 Å². The van der Waals surface area contributed by atoms with Gasteiger partial charge >= 0.3 is 0 Å². The molecule has 4 fully saturated rings. The van der Waals surface area contributed by atoms with Gasteiger partial charge in [0.05, 0.1) is 0 Å². The Balaban J connectivity index is 0.000000329. The van der Waals surface area contributed by atoms with Crippen molar-refractivity contribution < 1.29 is 56.6 Å². The van der Waals surface area contributed by atoms with E-state index in [2.05, 4.69) is 42.4 Å². The van der Waals surface area contributed by atoms with Crippen LogP contribution in [0.2, 0.25) is 0 Å². The smallest absolute Gasteiger partial charge is 0.291 e. The number of nitrogens with zero attached hydrogens (tertiary/aromatic N) is 6. The van der Waals surface area contributed by atoms with Crippen LogP contribution in [0.1, 0.15) is 158 Å². The van der Waals surface area contributed by atoms with E-state index in [1.807, 2.05) is 0 Å². The number of amides is 6. The van der Waals surface area contributed by atoms with E-state index in [9.17, 15) is 47.9 Å². The lowest BCUT2D eigenvalue weighted by atomic mass is 9.90. The van der Waals surface area contributed by atoms with Gasteiger partial charge in [-0.3, -0.25) is 58.8 Å². The minimum Gasteiger partial charge on any atom is -0.421 e. The molecule has 0 radical (unpaired) electrons. The van der Waals surface area contributed by atoms with Gasteiger partial charge in [-0.25, -0.2) is 4.21 Å². The second-order valence-corrected chi connectivity index (χ2v) is 23.6. The zero-order chi connectivity index (χ0) is 51.1. The fourth-order valence-electron chi connectivity index (χ4n) is 7.71. The van der Waals surface area contributed by atoms with Gasteiger partial charge in [0, 0.05) is 69.2 Å². The van der Waals surface area contributed by atoms with Crippen LogP contribution in [-0.2, 0) is 57.2 Å². The predicted octanol–water partition coefficient (Wildman–Crippen LogP) is 4.02. The number of Topliss-reactive ketones (excluding diaryl/α,β-unsaturated/α-hetero) is 4. The van der Waals surface area contributed by atoms with Crippen LogP contribution in [0.25, 0.3) is 0 Å². The molecule has 374 valence electrons. The molecule has 2 N–H and O–H groups in total. The van der Waals surface area contributed by atoms with Gasteiger partial charge in [-0.15, -0.1) is 10.2 Å². The summed E-state index contributed by atoms with van der Waals surface area (Å²) in [5.41, 5.74) is 1.37. The third kappa shape index (κ3) is 14.7. The van der Waals surface area contributed by atoms with Crippen molar-refractivity contribution in [1.82, 2.24) is 40.6 Å². The zero-order valence-electron chi connectivity index (χ0n) is 40.5. The number of likely N-dealkylation sites (tertiary alicyclic amines) is 4. The molecule has 4 saturated heterocycles. The Labute approximate surface area is 403 Å². The summed E-state index contributed by atoms with van der Waals surface area (Å²) in [6.07, 6.45) is 4.60. The number of carbonyl (C=O) groups excluding carboxylic acids is 10. The molecule has 1 aromatic heterocycles. The molecular formula is C44H66Cl2N8O12S. The molecule has 2 unspecified atom stereocenters. The van der Waals surface area contributed by atoms with Crippen LogP contribution in [0.4, 0.5) is 0 Å². The molecule has 4 atom stereocenters. The number of hydrogen-bond acceptors (Lipinski definition) is 14. The van der Waals surface area contributed by atoms with Gasteiger partial charge in [0.2, 0.25) is 44.1 Å². The van der Waals surface area contributed by atoms with E-state index in [0.29, 0.717) is 51.6 Å². The first-order valence-electron chi connectivity index (χ1n) is 22.3. The maximum atomic E-state index is 12.7. The van der Waals surface area contributed by atoms with Crippen molar-refractivity contribution in [3.63, 3.8) is 0 Å². The summed E-state index contributed by atoms with van der Waals surface area (Å²) in [5, 5.41) is 8.28. The van der Waals surface area contributed by atoms with Crippen LogP contribution in [0.5, 0.6) is 0 Å². The van der Waals surface area contributed by atoms with Crippen molar-refractivity contribution in [2.24, 2.45) is 21.7 Å². The molecule has 4 aliphatic rings. The fourth-order valence-corrected chi connectivity index (χ4v) is 7.71. The highest BCUT2D eigenvalue weighted by Crippen LogP contribution is 2.37. The van der Waals surface area contributed by atoms with Crippen molar-refractivity contribution in [2.75, 3.05) is 26.2 Å². The maximum absolute atomic E-state index is 12.7. The summed E-state index contributed by atoms with van der Waals surface area (Å²) in [5.74, 6) is -5.24. The average Bonchev–Trinajstić information content (AvgIpc) is 4.08. The lowest BCUT2D eigenvalue weighted by Crippen LogP contribution is -2.57. The Kier molecular flexibility index (Phi) is 19.2. The number of halogens is 2. The van der Waals surface area contributed by atoms with E-state index in [4.69, 9.17) is 8.63 Å². The molecule has 67 heavy (non-hydrogen) atoms. The lowest BCUT2D eigenvalue weighted by Gasteiger charge is -2.28. The molecule has 0 saturated carbocycles. The topological polar surface area (TPSA) is 264 Å². The molecule has 5 heterocycles. The molecule has 6 amide bonds. The van der Waals surface area contributed by atoms with Crippen molar-refractivity contribution in [3.05, 3.63) is 11.8 Å².